The van der Waals surface area contributed by atoms with E-state index in [1.807, 2.05) is 6.92 Å². The maximum absolute atomic E-state index is 6.04. The molecule has 0 aliphatic rings. The molecule has 2 unspecified atom stereocenters. The van der Waals surface area contributed by atoms with Gasteiger partial charge in [0.05, 0.1) is 6.61 Å². The molecule has 0 aromatic rings. The van der Waals surface area contributed by atoms with Crippen LogP contribution in [0.3, 0.4) is 0 Å². The zero-order valence-electron chi connectivity index (χ0n) is 12.5. The third kappa shape index (κ3) is 5.36. The van der Waals surface area contributed by atoms with Crippen LogP contribution in [0.25, 0.3) is 0 Å². The Labute approximate surface area is 108 Å². The van der Waals surface area contributed by atoms with E-state index in [0.29, 0.717) is 0 Å². The summed E-state index contributed by atoms with van der Waals surface area (Å²) in [6.07, 6.45) is 3.51. The van der Waals surface area contributed by atoms with Crippen LogP contribution in [-0.4, -0.2) is 43.8 Å². The molecule has 2 N–H and O–H groups in total. The molecule has 0 rings (SSSR count). The SMILES string of the molecule is CCOCCN(C)C(CC)(CN)CC(C)CC. The predicted molar refractivity (Wildman–Crippen MR) is 75.3 cm³/mol. The van der Waals surface area contributed by atoms with Crippen LogP contribution in [0.15, 0.2) is 0 Å². The Balaban J connectivity index is 4.44. The molecule has 0 aromatic carbocycles. The van der Waals surface area contributed by atoms with Crippen LogP contribution in [0.4, 0.5) is 0 Å². The van der Waals surface area contributed by atoms with E-state index >= 15 is 0 Å². The Hall–Kier alpha value is -0.120. The molecule has 0 bridgehead atoms. The highest BCUT2D eigenvalue weighted by atomic mass is 16.5. The van der Waals surface area contributed by atoms with Gasteiger partial charge in [-0.05, 0) is 32.7 Å². The van der Waals surface area contributed by atoms with Crippen molar-refractivity contribution < 1.29 is 4.74 Å². The summed E-state index contributed by atoms with van der Waals surface area (Å²) < 4.78 is 5.44. The molecule has 0 amide bonds. The highest BCUT2D eigenvalue weighted by Gasteiger charge is 2.32. The summed E-state index contributed by atoms with van der Waals surface area (Å²) in [4.78, 5) is 2.40. The molecule has 17 heavy (non-hydrogen) atoms. The van der Waals surface area contributed by atoms with Crippen LogP contribution >= 0.6 is 0 Å². The van der Waals surface area contributed by atoms with Crippen molar-refractivity contribution in [1.82, 2.24) is 4.90 Å². The molecule has 0 spiro atoms. The third-order valence-corrected chi connectivity index (χ3v) is 4.05. The van der Waals surface area contributed by atoms with Crippen LogP contribution in [0, 0.1) is 5.92 Å². The lowest BCUT2D eigenvalue weighted by atomic mass is 9.83. The Morgan fingerprint density at radius 2 is 1.94 bits per heavy atom. The predicted octanol–water partition coefficient (Wildman–Crippen LogP) is 2.50. The topological polar surface area (TPSA) is 38.5 Å². The average Bonchev–Trinajstić information content (AvgIpc) is 2.35. The zero-order chi connectivity index (χ0) is 13.3. The molecular weight excluding hydrogens is 212 g/mol. The molecule has 3 heteroatoms. The molecule has 0 saturated carbocycles. The van der Waals surface area contributed by atoms with Gasteiger partial charge in [0.2, 0.25) is 0 Å². The molecule has 0 saturated heterocycles. The van der Waals surface area contributed by atoms with Gasteiger partial charge in [-0.1, -0.05) is 27.2 Å². The second-order valence-electron chi connectivity index (χ2n) is 5.12. The van der Waals surface area contributed by atoms with Gasteiger partial charge in [0.15, 0.2) is 0 Å². The van der Waals surface area contributed by atoms with Crippen molar-refractivity contribution in [3.63, 3.8) is 0 Å². The van der Waals surface area contributed by atoms with Crippen molar-refractivity contribution >= 4 is 0 Å². The molecule has 3 nitrogen and oxygen atoms in total. The lowest BCUT2D eigenvalue weighted by molar-refractivity contribution is 0.0511. The van der Waals surface area contributed by atoms with E-state index < -0.39 is 0 Å². The van der Waals surface area contributed by atoms with Gasteiger partial charge in [0.25, 0.3) is 0 Å². The van der Waals surface area contributed by atoms with Crippen LogP contribution in [0.5, 0.6) is 0 Å². The molecular formula is C14H32N2O. The number of hydrogen-bond acceptors (Lipinski definition) is 3. The summed E-state index contributed by atoms with van der Waals surface area (Å²) in [5.41, 5.74) is 6.19. The van der Waals surface area contributed by atoms with Crippen molar-refractivity contribution in [2.24, 2.45) is 11.7 Å². The number of nitrogens with zero attached hydrogens (tertiary/aromatic N) is 1. The van der Waals surface area contributed by atoms with E-state index in [9.17, 15) is 0 Å². The lowest BCUT2D eigenvalue weighted by Crippen LogP contribution is -2.53. The monoisotopic (exact) mass is 244 g/mol. The molecule has 2 atom stereocenters. The fourth-order valence-corrected chi connectivity index (χ4v) is 2.33. The lowest BCUT2D eigenvalue weighted by Gasteiger charge is -2.42. The second kappa shape index (κ2) is 8.90. The van der Waals surface area contributed by atoms with E-state index in [-0.39, 0.29) is 5.54 Å². The first-order chi connectivity index (χ1) is 8.06. The van der Waals surface area contributed by atoms with Crippen LogP contribution in [-0.2, 0) is 4.74 Å². The molecule has 0 aliphatic heterocycles. The fraction of sp³-hybridized carbons (Fsp3) is 1.00. The Morgan fingerprint density at radius 3 is 2.35 bits per heavy atom. The van der Waals surface area contributed by atoms with Gasteiger partial charge < -0.3 is 10.5 Å². The first-order valence-electron chi connectivity index (χ1n) is 7.05. The first-order valence-corrected chi connectivity index (χ1v) is 7.05. The van der Waals surface area contributed by atoms with Crippen LogP contribution < -0.4 is 5.73 Å². The van der Waals surface area contributed by atoms with E-state index in [1.165, 1.54) is 12.8 Å². The molecule has 0 aliphatic carbocycles. The highest BCUT2D eigenvalue weighted by molar-refractivity contribution is 4.90. The first kappa shape index (κ1) is 16.9. The Morgan fingerprint density at radius 1 is 1.29 bits per heavy atom. The standard InChI is InChI=1S/C14H32N2O/c1-6-13(4)11-14(7-2,12-15)16(5)9-10-17-8-3/h13H,6-12,15H2,1-5H3. The molecule has 0 heterocycles. The summed E-state index contributed by atoms with van der Waals surface area (Å²) in [6.45, 7) is 12.1. The summed E-state index contributed by atoms with van der Waals surface area (Å²) in [5, 5.41) is 0. The van der Waals surface area contributed by atoms with Gasteiger partial charge >= 0.3 is 0 Å². The number of rotatable bonds is 10. The second-order valence-corrected chi connectivity index (χ2v) is 5.12. The van der Waals surface area contributed by atoms with Gasteiger partial charge in [-0.2, -0.15) is 0 Å². The largest absolute Gasteiger partial charge is 0.380 e. The quantitative estimate of drug-likeness (QED) is 0.600. The van der Waals surface area contributed by atoms with E-state index in [0.717, 1.165) is 38.6 Å². The van der Waals surface area contributed by atoms with Crippen molar-refractivity contribution in [3.05, 3.63) is 0 Å². The van der Waals surface area contributed by atoms with Crippen LogP contribution in [0.2, 0.25) is 0 Å². The van der Waals surface area contributed by atoms with Crippen molar-refractivity contribution in [1.29, 1.82) is 0 Å². The molecule has 0 fully saturated rings. The number of hydrogen-bond donors (Lipinski definition) is 1. The minimum absolute atomic E-state index is 0.145. The van der Waals surface area contributed by atoms with Crippen molar-refractivity contribution in [2.45, 2.75) is 52.5 Å². The van der Waals surface area contributed by atoms with Gasteiger partial charge in [0, 0.05) is 25.2 Å². The summed E-state index contributed by atoms with van der Waals surface area (Å²) in [6, 6.07) is 0. The van der Waals surface area contributed by atoms with Crippen molar-refractivity contribution in [3.8, 4) is 0 Å². The normalized spacial score (nSPS) is 17.1. The van der Waals surface area contributed by atoms with E-state index in [1.54, 1.807) is 0 Å². The van der Waals surface area contributed by atoms with Crippen LogP contribution in [0.1, 0.15) is 47.0 Å². The summed E-state index contributed by atoms with van der Waals surface area (Å²) >= 11 is 0. The number of nitrogens with two attached hydrogens (primary N) is 1. The van der Waals surface area contributed by atoms with Gasteiger partial charge in [0.1, 0.15) is 0 Å². The maximum atomic E-state index is 6.04. The Bertz CT molecular complexity index is 181. The molecule has 0 radical (unpaired) electrons. The third-order valence-electron chi connectivity index (χ3n) is 4.05. The fourth-order valence-electron chi connectivity index (χ4n) is 2.33. The van der Waals surface area contributed by atoms with E-state index in [4.69, 9.17) is 10.5 Å². The minimum Gasteiger partial charge on any atom is -0.380 e. The van der Waals surface area contributed by atoms with Gasteiger partial charge in [-0.25, -0.2) is 0 Å². The zero-order valence-corrected chi connectivity index (χ0v) is 12.5. The summed E-state index contributed by atoms with van der Waals surface area (Å²) in [5.74, 6) is 0.730. The number of likely N-dealkylation sites (N-methyl/N-ethyl adjacent to an activating group) is 1. The van der Waals surface area contributed by atoms with Gasteiger partial charge in [-0.3, -0.25) is 4.90 Å². The van der Waals surface area contributed by atoms with Gasteiger partial charge in [-0.15, -0.1) is 0 Å². The Kier molecular flexibility index (Phi) is 8.83. The maximum Gasteiger partial charge on any atom is 0.0593 e. The highest BCUT2D eigenvalue weighted by Crippen LogP contribution is 2.27. The van der Waals surface area contributed by atoms with Crippen molar-refractivity contribution in [2.75, 3.05) is 33.4 Å². The smallest absolute Gasteiger partial charge is 0.0593 e. The number of ether oxygens (including phenoxy) is 1. The molecule has 0 aromatic heterocycles. The molecule has 104 valence electrons. The van der Waals surface area contributed by atoms with E-state index in [2.05, 4.69) is 32.7 Å². The average molecular weight is 244 g/mol. The minimum atomic E-state index is 0.145. The summed E-state index contributed by atoms with van der Waals surface area (Å²) in [7, 11) is 2.18.